The SMILES string of the molecule is FC(F)(F)c1cc(-c2ccc(Cl)cc2)nc(Nc2ccc(Cl)cc2)n1. The maximum absolute atomic E-state index is 13.2. The van der Waals surface area contributed by atoms with Gasteiger partial charge in [0.2, 0.25) is 5.95 Å². The van der Waals surface area contributed by atoms with Gasteiger partial charge in [0.15, 0.2) is 5.69 Å². The quantitative estimate of drug-likeness (QED) is 0.583. The number of halogens is 5. The molecule has 25 heavy (non-hydrogen) atoms. The first kappa shape index (κ1) is 17.5. The van der Waals surface area contributed by atoms with Crippen LogP contribution in [0.3, 0.4) is 0 Å². The summed E-state index contributed by atoms with van der Waals surface area (Å²) in [6, 6.07) is 13.7. The monoisotopic (exact) mass is 383 g/mol. The maximum Gasteiger partial charge on any atom is 0.433 e. The van der Waals surface area contributed by atoms with Crippen LogP contribution in [-0.4, -0.2) is 9.97 Å². The Hall–Kier alpha value is -2.31. The van der Waals surface area contributed by atoms with Crippen LogP contribution in [0.25, 0.3) is 11.3 Å². The third-order valence-corrected chi connectivity index (χ3v) is 3.76. The molecule has 0 unspecified atom stereocenters. The van der Waals surface area contributed by atoms with Gasteiger partial charge in [0.25, 0.3) is 0 Å². The molecule has 1 N–H and O–H groups in total. The molecule has 128 valence electrons. The van der Waals surface area contributed by atoms with Gasteiger partial charge < -0.3 is 5.32 Å². The van der Waals surface area contributed by atoms with E-state index in [9.17, 15) is 13.2 Å². The highest BCUT2D eigenvalue weighted by Crippen LogP contribution is 2.32. The van der Waals surface area contributed by atoms with E-state index in [-0.39, 0.29) is 11.6 Å². The van der Waals surface area contributed by atoms with Gasteiger partial charge in [-0.1, -0.05) is 35.3 Å². The van der Waals surface area contributed by atoms with Crippen molar-refractivity contribution in [1.82, 2.24) is 9.97 Å². The number of anilines is 2. The van der Waals surface area contributed by atoms with E-state index < -0.39 is 11.9 Å². The van der Waals surface area contributed by atoms with Gasteiger partial charge in [-0.25, -0.2) is 9.97 Å². The average molecular weight is 384 g/mol. The summed E-state index contributed by atoms with van der Waals surface area (Å²) in [6.45, 7) is 0. The minimum atomic E-state index is -4.60. The summed E-state index contributed by atoms with van der Waals surface area (Å²) in [6.07, 6.45) is -4.60. The molecule has 0 aliphatic heterocycles. The Morgan fingerprint density at radius 1 is 0.800 bits per heavy atom. The van der Waals surface area contributed by atoms with E-state index in [0.29, 0.717) is 21.3 Å². The zero-order valence-electron chi connectivity index (χ0n) is 12.5. The van der Waals surface area contributed by atoms with Crippen molar-refractivity contribution in [3.8, 4) is 11.3 Å². The fourth-order valence-electron chi connectivity index (χ4n) is 2.08. The lowest BCUT2D eigenvalue weighted by molar-refractivity contribution is -0.141. The van der Waals surface area contributed by atoms with Crippen LogP contribution in [0.4, 0.5) is 24.8 Å². The van der Waals surface area contributed by atoms with Crippen molar-refractivity contribution in [2.45, 2.75) is 6.18 Å². The predicted molar refractivity (Wildman–Crippen MR) is 92.2 cm³/mol. The summed E-state index contributed by atoms with van der Waals surface area (Å²) in [5.74, 6) is -0.165. The third kappa shape index (κ3) is 4.41. The highest BCUT2D eigenvalue weighted by molar-refractivity contribution is 6.30. The van der Waals surface area contributed by atoms with Gasteiger partial charge in [-0.2, -0.15) is 13.2 Å². The van der Waals surface area contributed by atoms with Gasteiger partial charge in [-0.3, -0.25) is 0 Å². The molecular formula is C17H10Cl2F3N3. The van der Waals surface area contributed by atoms with E-state index in [0.717, 1.165) is 6.07 Å². The number of nitrogens with one attached hydrogen (secondary N) is 1. The lowest BCUT2D eigenvalue weighted by atomic mass is 10.1. The van der Waals surface area contributed by atoms with Gasteiger partial charge >= 0.3 is 6.18 Å². The number of hydrogen-bond acceptors (Lipinski definition) is 3. The largest absolute Gasteiger partial charge is 0.433 e. The molecule has 2 aromatic carbocycles. The summed E-state index contributed by atoms with van der Waals surface area (Å²) in [7, 11) is 0. The number of nitrogens with zero attached hydrogens (tertiary/aromatic N) is 2. The van der Waals surface area contributed by atoms with Gasteiger partial charge in [0.1, 0.15) is 0 Å². The van der Waals surface area contributed by atoms with Crippen LogP contribution in [0.15, 0.2) is 54.6 Å². The summed E-state index contributed by atoms with van der Waals surface area (Å²) >= 11 is 11.6. The van der Waals surface area contributed by atoms with E-state index in [2.05, 4.69) is 15.3 Å². The standard InChI is InChI=1S/C17H10Cl2F3N3/c18-11-3-1-10(2-4-11)14-9-15(17(20,21)22)25-16(24-14)23-13-7-5-12(19)6-8-13/h1-9H,(H,23,24,25). The van der Waals surface area contributed by atoms with E-state index in [1.807, 2.05) is 0 Å². The minimum absolute atomic E-state index is 0.135. The van der Waals surface area contributed by atoms with E-state index in [1.54, 1.807) is 48.5 Å². The van der Waals surface area contributed by atoms with Crippen molar-refractivity contribution in [2.24, 2.45) is 0 Å². The minimum Gasteiger partial charge on any atom is -0.324 e. The van der Waals surface area contributed by atoms with Gasteiger partial charge in [-0.05, 0) is 42.5 Å². The van der Waals surface area contributed by atoms with Crippen LogP contribution in [0.5, 0.6) is 0 Å². The number of rotatable bonds is 3. The van der Waals surface area contributed by atoms with Gasteiger partial charge in [-0.15, -0.1) is 0 Å². The van der Waals surface area contributed by atoms with E-state index >= 15 is 0 Å². The molecule has 0 amide bonds. The summed E-state index contributed by atoms with van der Waals surface area (Å²) in [5.41, 5.74) is 0.113. The Morgan fingerprint density at radius 3 is 1.92 bits per heavy atom. The molecule has 3 rings (SSSR count). The molecule has 0 spiro atoms. The van der Waals surface area contributed by atoms with Crippen LogP contribution < -0.4 is 5.32 Å². The molecule has 1 aromatic heterocycles. The Bertz CT molecular complexity index is 879. The van der Waals surface area contributed by atoms with Crippen LogP contribution >= 0.6 is 23.2 Å². The van der Waals surface area contributed by atoms with Crippen LogP contribution in [-0.2, 0) is 6.18 Å². The number of aromatic nitrogens is 2. The highest BCUT2D eigenvalue weighted by Gasteiger charge is 2.33. The second-order valence-corrected chi connectivity index (χ2v) is 5.97. The van der Waals surface area contributed by atoms with E-state index in [1.165, 1.54) is 0 Å². The predicted octanol–water partition coefficient (Wildman–Crippen LogP) is 6.21. The van der Waals surface area contributed by atoms with Crippen molar-refractivity contribution in [3.63, 3.8) is 0 Å². The highest BCUT2D eigenvalue weighted by atomic mass is 35.5. The maximum atomic E-state index is 13.2. The van der Waals surface area contributed by atoms with Crippen LogP contribution in [0.1, 0.15) is 5.69 Å². The average Bonchev–Trinajstić information content (AvgIpc) is 2.56. The first-order valence-corrected chi connectivity index (χ1v) is 7.82. The first-order chi connectivity index (χ1) is 11.8. The molecule has 0 saturated carbocycles. The van der Waals surface area contributed by atoms with Gasteiger partial charge in [0, 0.05) is 21.3 Å². The molecule has 0 aliphatic carbocycles. The molecule has 0 bridgehead atoms. The van der Waals surface area contributed by atoms with E-state index in [4.69, 9.17) is 23.2 Å². The lowest BCUT2D eigenvalue weighted by Gasteiger charge is -2.12. The number of benzene rings is 2. The van der Waals surface area contributed by atoms with Crippen molar-refractivity contribution in [3.05, 3.63) is 70.3 Å². The topological polar surface area (TPSA) is 37.8 Å². The lowest BCUT2D eigenvalue weighted by Crippen LogP contribution is -2.11. The smallest absolute Gasteiger partial charge is 0.324 e. The second kappa shape index (κ2) is 6.90. The fraction of sp³-hybridized carbons (Fsp3) is 0.0588. The van der Waals surface area contributed by atoms with Crippen molar-refractivity contribution < 1.29 is 13.2 Å². The first-order valence-electron chi connectivity index (χ1n) is 7.06. The Kier molecular flexibility index (Phi) is 4.83. The second-order valence-electron chi connectivity index (χ2n) is 5.10. The number of alkyl halides is 3. The Labute approximate surface area is 151 Å². The Balaban J connectivity index is 2.03. The van der Waals surface area contributed by atoms with Crippen molar-refractivity contribution >= 4 is 34.8 Å². The molecule has 0 atom stereocenters. The third-order valence-electron chi connectivity index (χ3n) is 3.26. The molecule has 3 nitrogen and oxygen atoms in total. The molecular weight excluding hydrogens is 374 g/mol. The number of hydrogen-bond donors (Lipinski definition) is 1. The van der Waals surface area contributed by atoms with Crippen molar-refractivity contribution in [2.75, 3.05) is 5.32 Å². The van der Waals surface area contributed by atoms with Crippen LogP contribution in [0.2, 0.25) is 10.0 Å². The molecule has 1 heterocycles. The zero-order chi connectivity index (χ0) is 18.0. The molecule has 0 fully saturated rings. The van der Waals surface area contributed by atoms with Crippen LogP contribution in [0, 0.1) is 0 Å². The molecule has 8 heteroatoms. The summed E-state index contributed by atoms with van der Waals surface area (Å²) < 4.78 is 39.5. The van der Waals surface area contributed by atoms with Gasteiger partial charge in [0.05, 0.1) is 5.69 Å². The normalized spacial score (nSPS) is 11.4. The molecule has 0 aliphatic rings. The fourth-order valence-corrected chi connectivity index (χ4v) is 2.33. The molecule has 3 aromatic rings. The van der Waals surface area contributed by atoms with Crippen molar-refractivity contribution in [1.29, 1.82) is 0 Å². The Morgan fingerprint density at radius 2 is 1.36 bits per heavy atom. The molecule has 0 radical (unpaired) electrons. The summed E-state index contributed by atoms with van der Waals surface area (Å²) in [4.78, 5) is 7.73. The molecule has 0 saturated heterocycles. The zero-order valence-corrected chi connectivity index (χ0v) is 14.0. The summed E-state index contributed by atoms with van der Waals surface area (Å²) in [5, 5.41) is 3.75.